The molecule has 0 unspecified atom stereocenters. The van der Waals surface area contributed by atoms with Gasteiger partial charge >= 0.3 is 0 Å². The average molecular weight is 236 g/mol. The highest BCUT2D eigenvalue weighted by molar-refractivity contribution is 5.75. The van der Waals surface area contributed by atoms with Crippen LogP contribution in [0.4, 0.5) is 0 Å². The summed E-state index contributed by atoms with van der Waals surface area (Å²) < 4.78 is 0. The first kappa shape index (κ1) is 12.1. The Labute approximate surface area is 101 Å². The monoisotopic (exact) mass is 236 g/mol. The quantitative estimate of drug-likeness (QED) is 0.708. The second-order valence-electron chi connectivity index (χ2n) is 4.62. The molecule has 0 aromatic carbocycles. The maximum atomic E-state index is 11.6. The van der Waals surface area contributed by atoms with E-state index in [1.54, 1.807) is 12.4 Å². The number of aromatic nitrogens is 2. The van der Waals surface area contributed by atoms with Crippen molar-refractivity contribution in [2.75, 3.05) is 13.1 Å². The summed E-state index contributed by atoms with van der Waals surface area (Å²) >= 11 is 0. The molecule has 1 aliphatic heterocycles. The van der Waals surface area contributed by atoms with Crippen molar-refractivity contribution in [1.82, 2.24) is 20.8 Å². The third-order valence-electron chi connectivity index (χ3n) is 3.28. The summed E-state index contributed by atoms with van der Waals surface area (Å²) in [5.74, 6) is 0.862. The fourth-order valence-electron chi connectivity index (χ4n) is 2.17. The van der Waals surface area contributed by atoms with E-state index in [9.17, 15) is 4.79 Å². The molecular formula is C12H20N4O. The Morgan fingerprint density at radius 1 is 1.47 bits per heavy atom. The van der Waals surface area contributed by atoms with E-state index >= 15 is 0 Å². The van der Waals surface area contributed by atoms with Gasteiger partial charge in [-0.05, 0) is 38.3 Å². The molecule has 5 heteroatoms. The molecule has 0 saturated carbocycles. The maximum Gasteiger partial charge on any atom is 0.220 e. The molecule has 5 nitrogen and oxygen atoms in total. The highest BCUT2D eigenvalue weighted by Gasteiger charge is 2.14. The van der Waals surface area contributed by atoms with E-state index < -0.39 is 0 Å². The first-order chi connectivity index (χ1) is 8.34. The fraction of sp³-hybridized carbons (Fsp3) is 0.667. The predicted octanol–water partition coefficient (Wildman–Crippen LogP) is 0.806. The number of nitrogens with zero attached hydrogens (tertiary/aromatic N) is 1. The summed E-state index contributed by atoms with van der Waals surface area (Å²) in [6.07, 6.45) is 7.59. The second-order valence-corrected chi connectivity index (χ2v) is 4.62. The van der Waals surface area contributed by atoms with Crippen molar-refractivity contribution in [3.8, 4) is 0 Å². The lowest BCUT2D eigenvalue weighted by molar-refractivity contribution is -0.121. The van der Waals surface area contributed by atoms with Gasteiger partial charge in [0, 0.05) is 24.7 Å². The minimum Gasteiger partial charge on any atom is -0.352 e. The van der Waals surface area contributed by atoms with Gasteiger partial charge in [-0.2, -0.15) is 5.10 Å². The first-order valence-electron chi connectivity index (χ1n) is 6.29. The van der Waals surface area contributed by atoms with Crippen LogP contribution in [0.1, 0.15) is 31.2 Å². The van der Waals surface area contributed by atoms with Crippen molar-refractivity contribution in [2.45, 2.75) is 32.2 Å². The lowest BCUT2D eigenvalue weighted by atomic mass is 9.93. The molecule has 2 heterocycles. The molecule has 1 aliphatic rings. The van der Waals surface area contributed by atoms with Crippen LogP contribution in [0.25, 0.3) is 0 Å². The normalized spacial score (nSPS) is 16.9. The van der Waals surface area contributed by atoms with Crippen LogP contribution < -0.4 is 10.6 Å². The zero-order valence-corrected chi connectivity index (χ0v) is 10.0. The van der Waals surface area contributed by atoms with Crippen LogP contribution in [0.2, 0.25) is 0 Å². The zero-order chi connectivity index (χ0) is 11.9. The van der Waals surface area contributed by atoms with Gasteiger partial charge in [0.15, 0.2) is 0 Å². The number of amides is 1. The summed E-state index contributed by atoms with van der Waals surface area (Å²) in [6.45, 7) is 2.77. The number of aromatic amines is 1. The van der Waals surface area contributed by atoms with Crippen molar-refractivity contribution in [3.05, 3.63) is 18.0 Å². The van der Waals surface area contributed by atoms with Crippen LogP contribution >= 0.6 is 0 Å². The van der Waals surface area contributed by atoms with Crippen LogP contribution in [0.15, 0.2) is 12.4 Å². The van der Waals surface area contributed by atoms with Crippen LogP contribution in [-0.4, -0.2) is 29.2 Å². The predicted molar refractivity (Wildman–Crippen MR) is 65.3 cm³/mol. The van der Waals surface area contributed by atoms with Crippen LogP contribution in [-0.2, 0) is 11.3 Å². The minimum absolute atomic E-state index is 0.143. The molecule has 0 radical (unpaired) electrons. The van der Waals surface area contributed by atoms with E-state index in [1.165, 1.54) is 12.8 Å². The highest BCUT2D eigenvalue weighted by atomic mass is 16.1. The number of carbonyl (C=O) groups is 1. The SMILES string of the molecule is O=C(CCC1CCNCC1)NCc1cn[nH]c1. The second kappa shape index (κ2) is 6.39. The molecule has 1 aromatic heterocycles. The molecule has 0 spiro atoms. The van der Waals surface area contributed by atoms with Gasteiger partial charge in [0.2, 0.25) is 5.91 Å². The molecule has 3 N–H and O–H groups in total. The summed E-state index contributed by atoms with van der Waals surface area (Å²) in [5, 5.41) is 12.8. The number of hydrogen-bond donors (Lipinski definition) is 3. The Balaban J connectivity index is 1.60. The molecule has 0 bridgehead atoms. The van der Waals surface area contributed by atoms with E-state index in [2.05, 4.69) is 20.8 Å². The standard InChI is InChI=1S/C12H20N4O/c17-12(14-7-11-8-15-16-9-11)2-1-10-3-5-13-6-4-10/h8-10,13H,1-7H2,(H,14,17)(H,15,16). The summed E-state index contributed by atoms with van der Waals surface area (Å²) in [6, 6.07) is 0. The van der Waals surface area contributed by atoms with Gasteiger partial charge in [-0.15, -0.1) is 0 Å². The molecule has 1 amide bonds. The number of hydrogen-bond acceptors (Lipinski definition) is 3. The van der Waals surface area contributed by atoms with Crippen molar-refractivity contribution >= 4 is 5.91 Å². The van der Waals surface area contributed by atoms with Gasteiger partial charge in [-0.1, -0.05) is 0 Å². The molecule has 94 valence electrons. The molecule has 0 atom stereocenters. The number of piperidine rings is 1. The van der Waals surface area contributed by atoms with Gasteiger partial charge in [0.1, 0.15) is 0 Å². The van der Waals surface area contributed by atoms with E-state index in [1.807, 2.05) is 0 Å². The number of carbonyl (C=O) groups excluding carboxylic acids is 1. The summed E-state index contributed by atoms with van der Waals surface area (Å²) in [4.78, 5) is 11.6. The Bertz CT molecular complexity index is 330. The van der Waals surface area contributed by atoms with Gasteiger partial charge < -0.3 is 10.6 Å². The zero-order valence-electron chi connectivity index (χ0n) is 10.0. The van der Waals surface area contributed by atoms with Crippen LogP contribution in [0, 0.1) is 5.92 Å². The van der Waals surface area contributed by atoms with E-state index in [0.717, 1.165) is 31.0 Å². The van der Waals surface area contributed by atoms with Crippen molar-refractivity contribution < 1.29 is 4.79 Å². The lowest BCUT2D eigenvalue weighted by Crippen LogP contribution is -2.29. The van der Waals surface area contributed by atoms with E-state index in [-0.39, 0.29) is 5.91 Å². The Morgan fingerprint density at radius 3 is 3.00 bits per heavy atom. The van der Waals surface area contributed by atoms with E-state index in [0.29, 0.717) is 13.0 Å². The third-order valence-corrected chi connectivity index (χ3v) is 3.28. The van der Waals surface area contributed by atoms with Crippen molar-refractivity contribution in [2.24, 2.45) is 5.92 Å². The van der Waals surface area contributed by atoms with Crippen LogP contribution in [0.5, 0.6) is 0 Å². The molecular weight excluding hydrogens is 216 g/mol. The fourth-order valence-corrected chi connectivity index (χ4v) is 2.17. The Hall–Kier alpha value is -1.36. The lowest BCUT2D eigenvalue weighted by Gasteiger charge is -2.22. The number of nitrogens with one attached hydrogen (secondary N) is 3. The highest BCUT2D eigenvalue weighted by Crippen LogP contribution is 2.17. The number of H-pyrrole nitrogens is 1. The van der Waals surface area contributed by atoms with Crippen molar-refractivity contribution in [1.29, 1.82) is 0 Å². The maximum absolute atomic E-state index is 11.6. The molecule has 2 rings (SSSR count). The summed E-state index contributed by atoms with van der Waals surface area (Å²) in [5.41, 5.74) is 1.01. The first-order valence-corrected chi connectivity index (χ1v) is 6.29. The number of rotatable bonds is 5. The summed E-state index contributed by atoms with van der Waals surface area (Å²) in [7, 11) is 0. The molecule has 1 aromatic rings. The third kappa shape index (κ3) is 4.19. The molecule has 1 fully saturated rings. The minimum atomic E-state index is 0.143. The Morgan fingerprint density at radius 2 is 2.29 bits per heavy atom. The van der Waals surface area contributed by atoms with Crippen molar-refractivity contribution in [3.63, 3.8) is 0 Å². The Kier molecular flexibility index (Phi) is 4.55. The van der Waals surface area contributed by atoms with Gasteiger partial charge in [-0.3, -0.25) is 9.89 Å². The topological polar surface area (TPSA) is 69.8 Å². The van der Waals surface area contributed by atoms with Gasteiger partial charge in [0.05, 0.1) is 6.20 Å². The smallest absolute Gasteiger partial charge is 0.220 e. The van der Waals surface area contributed by atoms with Crippen LogP contribution in [0.3, 0.4) is 0 Å². The molecule has 17 heavy (non-hydrogen) atoms. The van der Waals surface area contributed by atoms with Gasteiger partial charge in [0.25, 0.3) is 0 Å². The van der Waals surface area contributed by atoms with E-state index in [4.69, 9.17) is 0 Å². The molecule has 0 aliphatic carbocycles. The largest absolute Gasteiger partial charge is 0.352 e. The average Bonchev–Trinajstić information content (AvgIpc) is 2.88. The molecule has 1 saturated heterocycles. The van der Waals surface area contributed by atoms with Gasteiger partial charge in [-0.25, -0.2) is 0 Å².